The van der Waals surface area contributed by atoms with Crippen molar-refractivity contribution in [2.45, 2.75) is 11.6 Å². The van der Waals surface area contributed by atoms with Crippen LogP contribution in [0.15, 0.2) is 0 Å². The van der Waals surface area contributed by atoms with E-state index in [0.717, 1.165) is 0 Å². The smallest absolute Gasteiger partial charge is 0.393 e. The zero-order valence-corrected chi connectivity index (χ0v) is 7.17. The summed E-state index contributed by atoms with van der Waals surface area (Å²) in [5.74, 6) is -2.09. The van der Waals surface area contributed by atoms with Gasteiger partial charge in [0, 0.05) is 0 Å². The zero-order valence-electron chi connectivity index (χ0n) is 6.35. The fraction of sp³-hybridized carbons (Fsp3) is 0.750. The zero-order chi connectivity index (χ0) is 11.6. The highest BCUT2D eigenvalue weighted by Gasteiger charge is 2.50. The summed E-state index contributed by atoms with van der Waals surface area (Å²) in [7, 11) is -6.07. The average Bonchev–Trinajstić information content (AvgIpc) is 2.00. The van der Waals surface area contributed by atoms with Crippen LogP contribution in [0.3, 0.4) is 0 Å². The molecule has 0 saturated carbocycles. The van der Waals surface area contributed by atoms with Gasteiger partial charge in [-0.2, -0.15) is 21.6 Å². The van der Waals surface area contributed by atoms with Crippen LogP contribution in [0.4, 0.5) is 13.2 Å². The lowest BCUT2D eigenvalue weighted by atomic mass is 10.4. The predicted molar refractivity (Wildman–Crippen MR) is 34.2 cm³/mol. The summed E-state index contributed by atoms with van der Waals surface area (Å²) in [6.45, 7) is -1.24. The molecule has 0 amide bonds. The minimum absolute atomic E-state index is 1.24. The number of halogens is 3. The molecule has 0 aromatic heterocycles. The van der Waals surface area contributed by atoms with Crippen LogP contribution in [0.1, 0.15) is 0 Å². The maximum absolute atomic E-state index is 11.6. The van der Waals surface area contributed by atoms with Crippen molar-refractivity contribution in [3.8, 4) is 0 Å². The normalized spacial score (nSPS) is 14.9. The number of hydrogen-bond acceptors (Lipinski definition) is 6. The molecule has 0 rings (SSSR count). The fourth-order valence-corrected chi connectivity index (χ4v) is 0.707. The van der Waals surface area contributed by atoms with Crippen LogP contribution in [0.25, 0.3) is 0 Å². The molecule has 10 heteroatoms. The minimum Gasteiger partial charge on any atom is -0.393 e. The molecule has 2 N–H and O–H groups in total. The lowest BCUT2D eigenvalue weighted by molar-refractivity contribution is -0.147. The first-order chi connectivity index (χ1) is 6.12. The van der Waals surface area contributed by atoms with Crippen molar-refractivity contribution >= 4 is 16.1 Å². The van der Waals surface area contributed by atoms with Gasteiger partial charge >= 0.3 is 21.6 Å². The molecule has 6 nitrogen and oxygen atoms in total. The molecule has 0 heterocycles. The van der Waals surface area contributed by atoms with Crippen LogP contribution >= 0.6 is 0 Å². The van der Waals surface area contributed by atoms with Gasteiger partial charge in [-0.25, -0.2) is 4.79 Å². The van der Waals surface area contributed by atoms with Crippen molar-refractivity contribution < 1.29 is 40.8 Å². The Morgan fingerprint density at radius 2 is 1.86 bits per heavy atom. The van der Waals surface area contributed by atoms with Crippen LogP contribution < -0.4 is 0 Å². The molecule has 0 fully saturated rings. The van der Waals surface area contributed by atoms with Gasteiger partial charge < -0.3 is 14.4 Å². The third kappa shape index (κ3) is 3.12. The summed E-state index contributed by atoms with van der Waals surface area (Å²) in [6, 6.07) is 0. The second-order valence-corrected chi connectivity index (χ2v) is 3.54. The van der Waals surface area contributed by atoms with Crippen LogP contribution in [-0.2, 0) is 19.1 Å². The van der Waals surface area contributed by atoms with Gasteiger partial charge in [-0.1, -0.05) is 0 Å². The van der Waals surface area contributed by atoms with Crippen molar-refractivity contribution in [2.75, 3.05) is 6.61 Å². The molecular weight excluding hydrogens is 233 g/mol. The van der Waals surface area contributed by atoms with Gasteiger partial charge in [0.05, 0.1) is 6.61 Å². The molecular formula is C4H5F3O6S. The largest absolute Gasteiger partial charge is 0.534 e. The Bertz CT molecular complexity index is 306. The van der Waals surface area contributed by atoms with Gasteiger partial charge in [0.1, 0.15) is 0 Å². The number of rotatable bonds is 3. The van der Waals surface area contributed by atoms with Gasteiger partial charge in [0.25, 0.3) is 0 Å². The Kier molecular flexibility index (Phi) is 3.85. The Balaban J connectivity index is 4.63. The molecule has 0 aromatic rings. The fourth-order valence-electron chi connectivity index (χ4n) is 0.285. The van der Waals surface area contributed by atoms with Gasteiger partial charge in [-0.15, -0.1) is 0 Å². The Morgan fingerprint density at radius 1 is 1.43 bits per heavy atom. The minimum atomic E-state index is -6.07. The second kappa shape index (κ2) is 4.11. The third-order valence-electron chi connectivity index (χ3n) is 0.920. The first kappa shape index (κ1) is 13.1. The molecule has 0 saturated heterocycles. The highest BCUT2D eigenvalue weighted by atomic mass is 32.2. The first-order valence-electron chi connectivity index (χ1n) is 2.95. The van der Waals surface area contributed by atoms with Crippen molar-refractivity contribution in [1.82, 2.24) is 0 Å². The average molecular weight is 238 g/mol. The van der Waals surface area contributed by atoms with Crippen LogP contribution in [0.5, 0.6) is 0 Å². The van der Waals surface area contributed by atoms with Gasteiger partial charge in [0.15, 0.2) is 6.10 Å². The van der Waals surface area contributed by atoms with E-state index in [-0.39, 0.29) is 0 Å². The summed E-state index contributed by atoms with van der Waals surface area (Å²) in [5.41, 5.74) is -5.75. The van der Waals surface area contributed by atoms with E-state index in [0.29, 0.717) is 0 Å². The third-order valence-corrected chi connectivity index (χ3v) is 1.87. The predicted octanol–water partition coefficient (Wildman–Crippen LogP) is -1.27. The molecule has 0 radical (unpaired) electrons. The molecule has 84 valence electrons. The van der Waals surface area contributed by atoms with Gasteiger partial charge in [0.2, 0.25) is 0 Å². The first-order valence-corrected chi connectivity index (χ1v) is 4.36. The summed E-state index contributed by atoms with van der Waals surface area (Å²) in [4.78, 5) is 10.3. The maximum atomic E-state index is 11.6. The van der Waals surface area contributed by atoms with Crippen LogP contribution in [0, 0.1) is 0 Å². The summed E-state index contributed by atoms with van der Waals surface area (Å²) < 4.78 is 57.9. The number of carbonyl (C=O) groups is 1. The number of carbonyl (C=O) groups excluding carboxylic acids is 1. The van der Waals surface area contributed by atoms with Gasteiger partial charge in [-0.05, 0) is 0 Å². The topological polar surface area (TPSA) is 101 Å². The van der Waals surface area contributed by atoms with E-state index in [2.05, 4.69) is 4.18 Å². The lowest BCUT2D eigenvalue weighted by Crippen LogP contribution is -2.34. The second-order valence-electron chi connectivity index (χ2n) is 2.00. The molecule has 0 aliphatic carbocycles. The van der Waals surface area contributed by atoms with E-state index in [9.17, 15) is 26.4 Å². The van der Waals surface area contributed by atoms with E-state index in [4.69, 9.17) is 10.2 Å². The van der Waals surface area contributed by atoms with E-state index in [1.807, 2.05) is 0 Å². The summed E-state index contributed by atoms with van der Waals surface area (Å²) >= 11 is 0. The Hall–Kier alpha value is -0.870. The van der Waals surface area contributed by atoms with E-state index in [1.165, 1.54) is 0 Å². The number of aliphatic hydroxyl groups is 2. The molecule has 0 aliphatic rings. The van der Waals surface area contributed by atoms with Crippen LogP contribution in [-0.4, -0.2) is 42.8 Å². The number of alkyl halides is 3. The van der Waals surface area contributed by atoms with E-state index < -0.39 is 34.3 Å². The molecule has 1 unspecified atom stereocenters. The highest BCUT2D eigenvalue weighted by Crippen LogP contribution is 2.24. The Labute approximate surface area is 76.0 Å². The maximum Gasteiger partial charge on any atom is 0.534 e. The summed E-state index contributed by atoms with van der Waals surface area (Å²) in [5, 5.41) is 16.5. The standard InChI is InChI=1S/C4H5F3O6S/c5-4(6,7)14(11,12)13-3(10)2(9)1-8/h2,8-9H,1H2. The number of aliphatic hydroxyl groups excluding tert-OH is 2. The molecule has 14 heavy (non-hydrogen) atoms. The van der Waals surface area contributed by atoms with Crippen molar-refractivity contribution in [3.63, 3.8) is 0 Å². The molecule has 0 bridgehead atoms. The molecule has 0 aromatic carbocycles. The number of hydrogen-bond donors (Lipinski definition) is 2. The lowest BCUT2D eigenvalue weighted by Gasteiger charge is -2.09. The molecule has 0 aliphatic heterocycles. The molecule has 0 spiro atoms. The summed E-state index contributed by atoms with van der Waals surface area (Å²) in [6.07, 6.45) is -2.33. The highest BCUT2D eigenvalue weighted by molar-refractivity contribution is 7.88. The SMILES string of the molecule is O=C(OS(=O)(=O)C(F)(F)F)C(O)CO. The monoisotopic (exact) mass is 238 g/mol. The van der Waals surface area contributed by atoms with E-state index >= 15 is 0 Å². The molecule has 1 atom stereocenters. The van der Waals surface area contributed by atoms with E-state index in [1.54, 1.807) is 0 Å². The quantitative estimate of drug-likeness (QED) is 0.469. The van der Waals surface area contributed by atoms with Crippen LogP contribution in [0.2, 0.25) is 0 Å². The Morgan fingerprint density at radius 3 is 2.14 bits per heavy atom. The van der Waals surface area contributed by atoms with Crippen molar-refractivity contribution in [3.05, 3.63) is 0 Å². The van der Waals surface area contributed by atoms with Gasteiger partial charge in [-0.3, -0.25) is 0 Å². The van der Waals surface area contributed by atoms with Crippen molar-refractivity contribution in [2.24, 2.45) is 0 Å². The van der Waals surface area contributed by atoms with Crippen molar-refractivity contribution in [1.29, 1.82) is 0 Å².